The number of halogens is 3. The quantitative estimate of drug-likeness (QED) is 0.726. The molecule has 2 unspecified atom stereocenters. The van der Waals surface area contributed by atoms with Crippen molar-refractivity contribution in [1.29, 1.82) is 0 Å². The van der Waals surface area contributed by atoms with E-state index in [2.05, 4.69) is 6.58 Å². The molecule has 1 N–H and O–H groups in total. The third-order valence-corrected chi connectivity index (χ3v) is 5.62. The van der Waals surface area contributed by atoms with Crippen LogP contribution in [-0.2, 0) is 10.8 Å². The van der Waals surface area contributed by atoms with Crippen molar-refractivity contribution < 1.29 is 22.5 Å². The van der Waals surface area contributed by atoms with Crippen LogP contribution in [0.3, 0.4) is 0 Å². The Morgan fingerprint density at radius 1 is 1.31 bits per heavy atom. The van der Waals surface area contributed by atoms with Gasteiger partial charge in [-0.3, -0.25) is 4.21 Å². The van der Waals surface area contributed by atoms with Gasteiger partial charge in [0.05, 0.1) is 11.2 Å². The fourth-order valence-electron chi connectivity index (χ4n) is 2.59. The highest BCUT2D eigenvalue weighted by atomic mass is 32.2. The van der Waals surface area contributed by atoms with Crippen LogP contribution < -0.4 is 0 Å². The van der Waals surface area contributed by atoms with Crippen LogP contribution in [0.15, 0.2) is 12.2 Å². The molecule has 2 aliphatic heterocycles. The molecule has 2 aliphatic rings. The number of alkyl halides is 3. The maximum Gasteiger partial charge on any atom is 0.414 e. The number of hydrogen-bond donors (Lipinski definition) is 1. The van der Waals surface area contributed by atoms with Gasteiger partial charge in [-0.2, -0.15) is 13.2 Å². The lowest BCUT2D eigenvalue weighted by Gasteiger charge is -2.37. The summed E-state index contributed by atoms with van der Waals surface area (Å²) in [6.45, 7) is 2.97. The van der Waals surface area contributed by atoms with Crippen LogP contribution in [0.2, 0.25) is 0 Å². The van der Waals surface area contributed by atoms with Gasteiger partial charge in [-0.05, 0) is 25.7 Å². The standard InChI is InChI=1S/C10H13F3O2S/c1-6(10(11,12)13)9(14)4-7-2-3-8(5-9)16(7)15/h7-8,14H,1-5H2. The van der Waals surface area contributed by atoms with Crippen molar-refractivity contribution in [1.82, 2.24) is 0 Å². The highest BCUT2D eigenvalue weighted by Crippen LogP contribution is 2.47. The van der Waals surface area contributed by atoms with E-state index in [9.17, 15) is 22.5 Å². The lowest BCUT2D eigenvalue weighted by atomic mass is 9.86. The molecule has 16 heavy (non-hydrogen) atoms. The summed E-state index contributed by atoms with van der Waals surface area (Å²) in [5.74, 6) is 0. The van der Waals surface area contributed by atoms with E-state index in [1.54, 1.807) is 0 Å². The Morgan fingerprint density at radius 3 is 2.12 bits per heavy atom. The molecule has 0 aliphatic carbocycles. The van der Waals surface area contributed by atoms with E-state index in [0.717, 1.165) is 0 Å². The van der Waals surface area contributed by atoms with Crippen LogP contribution >= 0.6 is 0 Å². The zero-order valence-electron chi connectivity index (χ0n) is 8.59. The highest BCUT2D eigenvalue weighted by molar-refractivity contribution is 7.86. The first-order chi connectivity index (χ1) is 7.24. The van der Waals surface area contributed by atoms with Gasteiger partial charge in [0.15, 0.2) is 0 Å². The zero-order valence-corrected chi connectivity index (χ0v) is 9.40. The summed E-state index contributed by atoms with van der Waals surface area (Å²) < 4.78 is 49.2. The van der Waals surface area contributed by atoms with Crippen molar-refractivity contribution in [2.45, 2.75) is 48.0 Å². The molecule has 0 aromatic rings. The summed E-state index contributed by atoms with van der Waals surface area (Å²) in [5.41, 5.74) is -2.99. The van der Waals surface area contributed by atoms with Crippen LogP contribution in [0.5, 0.6) is 0 Å². The van der Waals surface area contributed by atoms with Gasteiger partial charge in [-0.1, -0.05) is 6.58 Å². The number of hydrogen-bond acceptors (Lipinski definition) is 2. The number of fused-ring (bicyclic) bond motifs is 2. The van der Waals surface area contributed by atoms with E-state index in [4.69, 9.17) is 0 Å². The monoisotopic (exact) mass is 254 g/mol. The molecule has 92 valence electrons. The Morgan fingerprint density at radius 2 is 1.75 bits per heavy atom. The Labute approximate surface area is 94.0 Å². The summed E-state index contributed by atoms with van der Waals surface area (Å²) in [7, 11) is -1.08. The van der Waals surface area contributed by atoms with Crippen LogP contribution in [0.1, 0.15) is 25.7 Å². The zero-order chi connectivity index (χ0) is 12.1. The topological polar surface area (TPSA) is 37.3 Å². The number of rotatable bonds is 1. The van der Waals surface area contributed by atoms with Gasteiger partial charge in [0.1, 0.15) is 0 Å². The molecule has 2 saturated heterocycles. The summed E-state index contributed by atoms with van der Waals surface area (Å²) >= 11 is 0. The van der Waals surface area contributed by atoms with Crippen molar-refractivity contribution >= 4 is 10.8 Å². The SMILES string of the molecule is C=C(C(F)(F)F)C1(O)CC2CCC(C1)S2=O. The molecule has 0 radical (unpaired) electrons. The predicted molar refractivity (Wildman–Crippen MR) is 54.3 cm³/mol. The average Bonchev–Trinajstić information content (AvgIpc) is 2.40. The molecule has 2 heterocycles. The largest absolute Gasteiger partial charge is 0.414 e. The summed E-state index contributed by atoms with van der Waals surface area (Å²) in [6.07, 6.45) is -3.44. The van der Waals surface area contributed by atoms with Gasteiger partial charge >= 0.3 is 6.18 Å². The van der Waals surface area contributed by atoms with E-state index in [1.807, 2.05) is 0 Å². The first kappa shape index (κ1) is 12.1. The van der Waals surface area contributed by atoms with Gasteiger partial charge in [0.2, 0.25) is 0 Å². The molecule has 0 saturated carbocycles. The molecule has 2 bridgehead atoms. The highest BCUT2D eigenvalue weighted by Gasteiger charge is 2.54. The molecule has 2 rings (SSSR count). The van der Waals surface area contributed by atoms with Crippen LogP contribution in [-0.4, -0.2) is 31.6 Å². The molecule has 2 nitrogen and oxygen atoms in total. The van der Waals surface area contributed by atoms with Gasteiger partial charge in [-0.15, -0.1) is 0 Å². The Kier molecular flexibility index (Phi) is 2.70. The molecule has 6 heteroatoms. The summed E-state index contributed by atoms with van der Waals surface area (Å²) in [4.78, 5) is 0. The van der Waals surface area contributed by atoms with E-state index in [1.165, 1.54) is 0 Å². The van der Waals surface area contributed by atoms with Crippen LogP contribution in [0.4, 0.5) is 13.2 Å². The molecular weight excluding hydrogens is 241 g/mol. The van der Waals surface area contributed by atoms with Crippen molar-refractivity contribution in [2.75, 3.05) is 0 Å². The lowest BCUT2D eigenvalue weighted by Crippen LogP contribution is -2.47. The van der Waals surface area contributed by atoms with E-state index in [-0.39, 0.29) is 23.3 Å². The Hall–Kier alpha value is -0.360. The van der Waals surface area contributed by atoms with Gasteiger partial charge in [-0.25, -0.2) is 0 Å². The second kappa shape index (κ2) is 3.57. The minimum Gasteiger partial charge on any atom is -0.385 e. The molecule has 0 aromatic carbocycles. The van der Waals surface area contributed by atoms with Gasteiger partial charge in [0, 0.05) is 21.3 Å². The van der Waals surface area contributed by atoms with E-state index < -0.39 is 28.2 Å². The smallest absolute Gasteiger partial charge is 0.385 e. The maximum atomic E-state index is 12.5. The van der Waals surface area contributed by atoms with Crippen molar-refractivity contribution in [2.24, 2.45) is 0 Å². The molecular formula is C10H13F3O2S. The summed E-state index contributed by atoms with van der Waals surface area (Å²) in [6, 6.07) is 0. The first-order valence-electron chi connectivity index (χ1n) is 5.12. The summed E-state index contributed by atoms with van der Waals surface area (Å²) in [5, 5.41) is 9.41. The predicted octanol–water partition coefficient (Wildman–Crippen LogP) is 1.91. The minimum atomic E-state index is -4.58. The second-order valence-corrected chi connectivity index (χ2v) is 6.56. The molecule has 0 spiro atoms. The maximum absolute atomic E-state index is 12.5. The second-order valence-electron chi connectivity index (χ2n) is 4.57. The average molecular weight is 254 g/mol. The minimum absolute atomic E-state index is 0.0749. The van der Waals surface area contributed by atoms with Crippen molar-refractivity contribution in [3.8, 4) is 0 Å². The molecule has 2 atom stereocenters. The van der Waals surface area contributed by atoms with Crippen molar-refractivity contribution in [3.63, 3.8) is 0 Å². The Balaban J connectivity index is 2.23. The third kappa shape index (κ3) is 1.82. The number of aliphatic hydroxyl groups is 1. The Bertz CT molecular complexity index is 334. The van der Waals surface area contributed by atoms with E-state index in [0.29, 0.717) is 12.8 Å². The molecule has 0 amide bonds. The van der Waals surface area contributed by atoms with Gasteiger partial charge in [0.25, 0.3) is 0 Å². The molecule has 0 aromatic heterocycles. The normalized spacial score (nSPS) is 43.4. The van der Waals surface area contributed by atoms with E-state index >= 15 is 0 Å². The van der Waals surface area contributed by atoms with Gasteiger partial charge < -0.3 is 5.11 Å². The third-order valence-electron chi connectivity index (χ3n) is 3.50. The van der Waals surface area contributed by atoms with Crippen molar-refractivity contribution in [3.05, 3.63) is 12.2 Å². The first-order valence-corrected chi connectivity index (χ1v) is 6.40. The van der Waals surface area contributed by atoms with Crippen LogP contribution in [0, 0.1) is 0 Å². The van der Waals surface area contributed by atoms with Crippen LogP contribution in [0.25, 0.3) is 0 Å². The fraction of sp³-hybridized carbons (Fsp3) is 0.800. The molecule has 2 fully saturated rings. The fourth-order valence-corrected chi connectivity index (χ4v) is 4.75. The lowest BCUT2D eigenvalue weighted by molar-refractivity contribution is -0.122.